The minimum atomic E-state index is 0.580. The van der Waals surface area contributed by atoms with Gasteiger partial charge in [-0.1, -0.05) is 31.2 Å². The standard InChI is InChI=1S/C11H15N/c1-8-7-11(12-2)10-6-4-3-5-9(8)10/h3-6,8,11-12H,7H2,1-2H3/t8-,11+/m0/s1. The van der Waals surface area contributed by atoms with E-state index in [2.05, 4.69) is 36.5 Å². The van der Waals surface area contributed by atoms with E-state index < -0.39 is 0 Å². The van der Waals surface area contributed by atoms with E-state index in [0.717, 1.165) is 5.92 Å². The highest BCUT2D eigenvalue weighted by atomic mass is 14.9. The van der Waals surface area contributed by atoms with Gasteiger partial charge in [-0.3, -0.25) is 0 Å². The molecule has 0 aromatic heterocycles. The molecule has 0 saturated carbocycles. The summed E-state index contributed by atoms with van der Waals surface area (Å²) in [5.41, 5.74) is 3.02. The van der Waals surface area contributed by atoms with E-state index >= 15 is 0 Å². The molecule has 1 aromatic carbocycles. The fraction of sp³-hybridized carbons (Fsp3) is 0.455. The zero-order chi connectivity index (χ0) is 8.55. The Morgan fingerprint density at radius 2 is 1.92 bits per heavy atom. The van der Waals surface area contributed by atoms with Gasteiger partial charge in [0.1, 0.15) is 0 Å². The first-order valence-electron chi connectivity index (χ1n) is 4.59. The van der Waals surface area contributed by atoms with Gasteiger partial charge in [-0.05, 0) is 30.5 Å². The lowest BCUT2D eigenvalue weighted by molar-refractivity contribution is 0.553. The summed E-state index contributed by atoms with van der Waals surface area (Å²) in [5.74, 6) is 0.721. The molecule has 1 aliphatic rings. The molecule has 2 rings (SSSR count). The van der Waals surface area contributed by atoms with Gasteiger partial charge in [0.05, 0.1) is 0 Å². The zero-order valence-corrected chi connectivity index (χ0v) is 7.67. The summed E-state index contributed by atoms with van der Waals surface area (Å²) >= 11 is 0. The molecule has 1 aromatic rings. The largest absolute Gasteiger partial charge is 0.313 e. The first-order valence-corrected chi connectivity index (χ1v) is 4.59. The van der Waals surface area contributed by atoms with Crippen LogP contribution in [0.4, 0.5) is 0 Å². The van der Waals surface area contributed by atoms with E-state index in [-0.39, 0.29) is 0 Å². The van der Waals surface area contributed by atoms with Crippen molar-refractivity contribution in [1.29, 1.82) is 0 Å². The van der Waals surface area contributed by atoms with Crippen LogP contribution in [-0.4, -0.2) is 7.05 Å². The molecule has 0 saturated heterocycles. The molecular weight excluding hydrogens is 146 g/mol. The van der Waals surface area contributed by atoms with Crippen molar-refractivity contribution >= 4 is 0 Å². The maximum absolute atomic E-state index is 3.35. The number of nitrogens with one attached hydrogen (secondary N) is 1. The molecule has 0 spiro atoms. The maximum atomic E-state index is 3.35. The molecule has 0 amide bonds. The summed E-state index contributed by atoms with van der Waals surface area (Å²) in [5, 5.41) is 3.35. The van der Waals surface area contributed by atoms with Crippen LogP contribution in [0.3, 0.4) is 0 Å². The molecule has 1 aliphatic carbocycles. The quantitative estimate of drug-likeness (QED) is 0.667. The van der Waals surface area contributed by atoms with E-state index in [1.54, 1.807) is 0 Å². The van der Waals surface area contributed by atoms with Gasteiger partial charge in [0.15, 0.2) is 0 Å². The number of hydrogen-bond donors (Lipinski definition) is 1. The van der Waals surface area contributed by atoms with Crippen molar-refractivity contribution < 1.29 is 0 Å². The highest BCUT2D eigenvalue weighted by molar-refractivity contribution is 5.37. The first-order chi connectivity index (χ1) is 5.83. The first kappa shape index (κ1) is 7.81. The molecule has 1 heteroatoms. The summed E-state index contributed by atoms with van der Waals surface area (Å²) < 4.78 is 0. The van der Waals surface area contributed by atoms with E-state index in [1.807, 2.05) is 7.05 Å². The lowest BCUT2D eigenvalue weighted by Crippen LogP contribution is -2.12. The Labute approximate surface area is 73.8 Å². The average Bonchev–Trinajstić information content (AvgIpc) is 2.44. The third kappa shape index (κ3) is 1.05. The predicted octanol–water partition coefficient (Wildman–Crippen LogP) is 2.45. The highest BCUT2D eigenvalue weighted by Gasteiger charge is 2.25. The molecule has 0 radical (unpaired) electrons. The summed E-state index contributed by atoms with van der Waals surface area (Å²) in [4.78, 5) is 0. The second kappa shape index (κ2) is 2.91. The SMILES string of the molecule is CN[C@@H]1C[C@H](C)c2ccccc21. The smallest absolute Gasteiger partial charge is 0.0326 e. The van der Waals surface area contributed by atoms with Gasteiger partial charge in [0, 0.05) is 6.04 Å². The van der Waals surface area contributed by atoms with Crippen LogP contribution in [-0.2, 0) is 0 Å². The average molecular weight is 161 g/mol. The van der Waals surface area contributed by atoms with Crippen molar-refractivity contribution in [1.82, 2.24) is 5.32 Å². The maximum Gasteiger partial charge on any atom is 0.0326 e. The van der Waals surface area contributed by atoms with Gasteiger partial charge in [0.25, 0.3) is 0 Å². The van der Waals surface area contributed by atoms with Crippen LogP contribution in [0.1, 0.15) is 36.4 Å². The van der Waals surface area contributed by atoms with Crippen LogP contribution in [0.15, 0.2) is 24.3 Å². The number of hydrogen-bond acceptors (Lipinski definition) is 1. The molecule has 0 bridgehead atoms. The molecule has 2 atom stereocenters. The van der Waals surface area contributed by atoms with Gasteiger partial charge in [-0.15, -0.1) is 0 Å². The molecule has 1 nitrogen and oxygen atoms in total. The summed E-state index contributed by atoms with van der Waals surface area (Å²) in [7, 11) is 2.04. The number of rotatable bonds is 1. The van der Waals surface area contributed by atoms with Crippen molar-refractivity contribution in [3.05, 3.63) is 35.4 Å². The molecule has 0 unspecified atom stereocenters. The van der Waals surface area contributed by atoms with Crippen molar-refractivity contribution in [2.75, 3.05) is 7.05 Å². The molecule has 12 heavy (non-hydrogen) atoms. The van der Waals surface area contributed by atoms with Gasteiger partial charge >= 0.3 is 0 Å². The normalized spacial score (nSPS) is 27.2. The molecular formula is C11H15N. The van der Waals surface area contributed by atoms with Gasteiger partial charge in [0.2, 0.25) is 0 Å². The number of benzene rings is 1. The third-order valence-corrected chi connectivity index (χ3v) is 2.84. The van der Waals surface area contributed by atoms with Crippen molar-refractivity contribution in [3.63, 3.8) is 0 Å². The number of fused-ring (bicyclic) bond motifs is 1. The summed E-state index contributed by atoms with van der Waals surface area (Å²) in [6, 6.07) is 9.32. The minimum absolute atomic E-state index is 0.580. The zero-order valence-electron chi connectivity index (χ0n) is 7.67. The second-order valence-electron chi connectivity index (χ2n) is 3.61. The van der Waals surface area contributed by atoms with Crippen LogP contribution >= 0.6 is 0 Å². The van der Waals surface area contributed by atoms with Crippen LogP contribution in [0.25, 0.3) is 0 Å². The van der Waals surface area contributed by atoms with E-state index in [1.165, 1.54) is 17.5 Å². The minimum Gasteiger partial charge on any atom is -0.313 e. The lowest BCUT2D eigenvalue weighted by Gasteiger charge is -2.08. The Hall–Kier alpha value is -0.820. The Kier molecular flexibility index (Phi) is 1.89. The molecule has 0 fully saturated rings. The van der Waals surface area contributed by atoms with Gasteiger partial charge < -0.3 is 5.32 Å². The van der Waals surface area contributed by atoms with Crippen LogP contribution in [0.2, 0.25) is 0 Å². The fourth-order valence-corrected chi connectivity index (χ4v) is 2.16. The van der Waals surface area contributed by atoms with E-state index in [9.17, 15) is 0 Å². The van der Waals surface area contributed by atoms with Gasteiger partial charge in [-0.25, -0.2) is 0 Å². The van der Waals surface area contributed by atoms with Crippen molar-refractivity contribution in [2.24, 2.45) is 0 Å². The molecule has 0 aliphatic heterocycles. The lowest BCUT2D eigenvalue weighted by atomic mass is 10.0. The Balaban J connectivity index is 2.43. The van der Waals surface area contributed by atoms with Gasteiger partial charge in [-0.2, -0.15) is 0 Å². The third-order valence-electron chi connectivity index (χ3n) is 2.84. The summed E-state index contributed by atoms with van der Waals surface area (Å²) in [6.45, 7) is 2.30. The van der Waals surface area contributed by atoms with Crippen molar-refractivity contribution in [2.45, 2.75) is 25.3 Å². The van der Waals surface area contributed by atoms with Crippen LogP contribution in [0, 0.1) is 0 Å². The molecule has 0 heterocycles. The molecule has 1 N–H and O–H groups in total. The Morgan fingerprint density at radius 3 is 2.58 bits per heavy atom. The van der Waals surface area contributed by atoms with Crippen LogP contribution < -0.4 is 5.32 Å². The molecule has 64 valence electrons. The topological polar surface area (TPSA) is 12.0 Å². The fourth-order valence-electron chi connectivity index (χ4n) is 2.16. The predicted molar refractivity (Wildman–Crippen MR) is 51.3 cm³/mol. The Bertz CT molecular complexity index is 280. The monoisotopic (exact) mass is 161 g/mol. The second-order valence-corrected chi connectivity index (χ2v) is 3.61. The van der Waals surface area contributed by atoms with E-state index in [4.69, 9.17) is 0 Å². The summed E-state index contributed by atoms with van der Waals surface area (Å²) in [6.07, 6.45) is 1.25. The van der Waals surface area contributed by atoms with E-state index in [0.29, 0.717) is 6.04 Å². The van der Waals surface area contributed by atoms with Crippen LogP contribution in [0.5, 0.6) is 0 Å². The van der Waals surface area contributed by atoms with Crippen molar-refractivity contribution in [3.8, 4) is 0 Å². The highest BCUT2D eigenvalue weighted by Crippen LogP contribution is 2.39. The Morgan fingerprint density at radius 1 is 1.25 bits per heavy atom.